The second-order valence-electron chi connectivity index (χ2n) is 12.9. The summed E-state index contributed by atoms with van der Waals surface area (Å²) in [5, 5.41) is 9.98. The zero-order valence-corrected chi connectivity index (χ0v) is 27.7. The van der Waals surface area contributed by atoms with Crippen LogP contribution in [0.15, 0.2) is 194 Å². The van der Waals surface area contributed by atoms with E-state index >= 15 is 0 Å². The zero-order valence-electron chi connectivity index (χ0n) is 27.7. The zero-order chi connectivity index (χ0) is 33.7. The smallest absolute Gasteiger partial charge is 0.0992 e. The Kier molecular flexibility index (Phi) is 8.59. The Hall–Kier alpha value is -6.49. The van der Waals surface area contributed by atoms with Gasteiger partial charge in [-0.15, -0.1) is 0 Å². The van der Waals surface area contributed by atoms with Gasteiger partial charge in [-0.3, -0.25) is 0 Å². The molecule has 8 rings (SSSR count). The predicted octanol–water partition coefficient (Wildman–Crippen LogP) is 13.0. The van der Waals surface area contributed by atoms with Crippen molar-refractivity contribution in [1.82, 2.24) is 0 Å². The van der Waals surface area contributed by atoms with Gasteiger partial charge in [-0.2, -0.15) is 5.26 Å². The highest BCUT2D eigenvalue weighted by atomic mass is 14.2. The second kappa shape index (κ2) is 13.9. The maximum absolute atomic E-state index is 9.98. The largest absolute Gasteiger partial charge is 0.192 e. The van der Waals surface area contributed by atoms with Gasteiger partial charge < -0.3 is 0 Å². The summed E-state index contributed by atoms with van der Waals surface area (Å²) in [6, 6.07) is 64.7. The van der Waals surface area contributed by atoms with Gasteiger partial charge >= 0.3 is 0 Å². The molecule has 1 atom stereocenters. The highest BCUT2D eigenvalue weighted by Crippen LogP contribution is 2.36. The fraction of sp³-hybridized carbons (Fsp3) is 0.0408. The van der Waals surface area contributed by atoms with Crippen molar-refractivity contribution < 1.29 is 0 Å². The van der Waals surface area contributed by atoms with Gasteiger partial charge in [-0.1, -0.05) is 170 Å². The van der Waals surface area contributed by atoms with Crippen molar-refractivity contribution in [2.75, 3.05) is 0 Å². The first-order valence-electron chi connectivity index (χ1n) is 17.2. The van der Waals surface area contributed by atoms with Gasteiger partial charge in [0.1, 0.15) is 0 Å². The van der Waals surface area contributed by atoms with Crippen molar-refractivity contribution in [1.29, 1.82) is 5.26 Å². The number of allylic oxidation sites excluding steroid dienone is 4. The fourth-order valence-corrected chi connectivity index (χ4v) is 6.91. The number of rotatable bonds is 7. The summed E-state index contributed by atoms with van der Waals surface area (Å²) in [6.07, 6.45) is 7.76. The summed E-state index contributed by atoms with van der Waals surface area (Å²) in [7, 11) is 0. The van der Waals surface area contributed by atoms with Crippen LogP contribution in [0.5, 0.6) is 0 Å². The third kappa shape index (κ3) is 6.61. The van der Waals surface area contributed by atoms with Gasteiger partial charge in [-0.25, -0.2) is 0 Å². The molecule has 7 aromatic rings. The maximum Gasteiger partial charge on any atom is 0.0992 e. The molecular formula is C49H35N. The van der Waals surface area contributed by atoms with Crippen LogP contribution < -0.4 is 0 Å². The summed E-state index contributed by atoms with van der Waals surface area (Å²) >= 11 is 0. The summed E-state index contributed by atoms with van der Waals surface area (Å²) in [5.41, 5.74) is 16.0. The van der Waals surface area contributed by atoms with E-state index in [0.717, 1.165) is 34.2 Å². The van der Waals surface area contributed by atoms with Crippen molar-refractivity contribution in [3.8, 4) is 61.7 Å². The van der Waals surface area contributed by atoms with E-state index in [4.69, 9.17) is 0 Å². The number of hydrogen-bond donors (Lipinski definition) is 0. The molecule has 7 aromatic carbocycles. The lowest BCUT2D eigenvalue weighted by Crippen LogP contribution is -1.99. The molecule has 1 aliphatic rings. The second-order valence-corrected chi connectivity index (χ2v) is 12.9. The van der Waals surface area contributed by atoms with Crippen LogP contribution in [0.2, 0.25) is 0 Å². The molecule has 50 heavy (non-hydrogen) atoms. The van der Waals surface area contributed by atoms with E-state index in [1.807, 2.05) is 18.2 Å². The number of benzene rings is 7. The van der Waals surface area contributed by atoms with Crippen LogP contribution >= 0.6 is 0 Å². The van der Waals surface area contributed by atoms with Gasteiger partial charge in [0.15, 0.2) is 0 Å². The highest BCUT2D eigenvalue weighted by Gasteiger charge is 2.15. The molecule has 0 amide bonds. The quantitative estimate of drug-likeness (QED) is 0.171. The van der Waals surface area contributed by atoms with Crippen LogP contribution in [-0.4, -0.2) is 0 Å². The van der Waals surface area contributed by atoms with Crippen molar-refractivity contribution >= 4 is 5.57 Å². The van der Waals surface area contributed by atoms with Crippen LogP contribution in [0.4, 0.5) is 0 Å². The Morgan fingerprint density at radius 3 is 1.38 bits per heavy atom. The molecule has 0 N–H and O–H groups in total. The summed E-state index contributed by atoms with van der Waals surface area (Å²) in [6.45, 7) is 0. The first-order valence-corrected chi connectivity index (χ1v) is 17.2. The summed E-state index contributed by atoms with van der Waals surface area (Å²) in [5.74, 6) is 0.297. The SMILES string of the molecule is N#Cc1cc(C2=CCC(c3cccc(-c4ccc(-c5ccccc5)cc4)c3)C=C2)cc(-c2cccc(-c3ccc(-c4ccccc4)cc3)c2)c1. The van der Waals surface area contributed by atoms with Crippen molar-refractivity contribution in [2.24, 2.45) is 0 Å². The van der Waals surface area contributed by atoms with Crippen LogP contribution in [0.25, 0.3) is 61.2 Å². The molecule has 0 saturated heterocycles. The van der Waals surface area contributed by atoms with E-state index in [1.165, 1.54) is 44.5 Å². The molecule has 0 aliphatic heterocycles. The molecule has 1 heteroatoms. The van der Waals surface area contributed by atoms with E-state index in [2.05, 4.69) is 182 Å². The molecule has 1 nitrogen and oxygen atoms in total. The van der Waals surface area contributed by atoms with E-state index in [-0.39, 0.29) is 0 Å². The fourth-order valence-electron chi connectivity index (χ4n) is 6.91. The number of hydrogen-bond acceptors (Lipinski definition) is 1. The Morgan fingerprint density at radius 1 is 0.400 bits per heavy atom. The minimum Gasteiger partial charge on any atom is -0.192 e. The lowest BCUT2D eigenvalue weighted by atomic mass is 9.86. The van der Waals surface area contributed by atoms with Crippen molar-refractivity contribution in [3.63, 3.8) is 0 Å². The van der Waals surface area contributed by atoms with Crippen LogP contribution in [-0.2, 0) is 0 Å². The van der Waals surface area contributed by atoms with Crippen LogP contribution in [0, 0.1) is 11.3 Å². The predicted molar refractivity (Wildman–Crippen MR) is 209 cm³/mol. The summed E-state index contributed by atoms with van der Waals surface area (Å²) in [4.78, 5) is 0. The van der Waals surface area contributed by atoms with E-state index in [9.17, 15) is 5.26 Å². The Bertz CT molecular complexity index is 2370. The average molecular weight is 638 g/mol. The molecule has 0 bridgehead atoms. The first kappa shape index (κ1) is 30.8. The van der Waals surface area contributed by atoms with Gasteiger partial charge in [0.25, 0.3) is 0 Å². The van der Waals surface area contributed by atoms with Crippen molar-refractivity contribution in [2.45, 2.75) is 12.3 Å². The molecule has 0 spiro atoms. The van der Waals surface area contributed by atoms with E-state index in [1.54, 1.807) is 0 Å². The van der Waals surface area contributed by atoms with Gasteiger partial charge in [0.2, 0.25) is 0 Å². The third-order valence-corrected chi connectivity index (χ3v) is 9.66. The molecule has 0 saturated carbocycles. The molecule has 236 valence electrons. The highest BCUT2D eigenvalue weighted by molar-refractivity contribution is 5.82. The molecule has 1 unspecified atom stereocenters. The van der Waals surface area contributed by atoms with E-state index in [0.29, 0.717) is 11.5 Å². The molecular weight excluding hydrogens is 603 g/mol. The standard InChI is InChI=1S/C49H35N/c50-34-35-29-48(33-49(30-35)47-16-8-15-46(32-47)41-23-19-39(20-24-41)37-11-5-2-6-12-37)43-27-25-42(26-28-43)45-14-7-13-44(31-45)40-21-17-38(18-22-40)36-9-3-1-4-10-36/h1-25,27-33,42H,26H2. The van der Waals surface area contributed by atoms with E-state index < -0.39 is 0 Å². The first-order chi connectivity index (χ1) is 24.7. The monoisotopic (exact) mass is 637 g/mol. The van der Waals surface area contributed by atoms with Gasteiger partial charge in [0, 0.05) is 5.92 Å². The molecule has 1 aliphatic carbocycles. The van der Waals surface area contributed by atoms with Crippen LogP contribution in [0.3, 0.4) is 0 Å². The lowest BCUT2D eigenvalue weighted by molar-refractivity contribution is 0.857. The van der Waals surface area contributed by atoms with Gasteiger partial charge in [0.05, 0.1) is 11.6 Å². The lowest BCUT2D eigenvalue weighted by Gasteiger charge is -2.18. The normalized spacial score (nSPS) is 13.7. The summed E-state index contributed by atoms with van der Waals surface area (Å²) < 4.78 is 0. The molecule has 0 fully saturated rings. The molecule has 0 heterocycles. The maximum atomic E-state index is 9.98. The average Bonchev–Trinajstić information content (AvgIpc) is 3.21. The minimum atomic E-state index is 0.297. The topological polar surface area (TPSA) is 23.8 Å². The van der Waals surface area contributed by atoms with Crippen molar-refractivity contribution in [3.05, 3.63) is 211 Å². The Balaban J connectivity index is 1.01. The Morgan fingerprint density at radius 2 is 0.840 bits per heavy atom. The number of nitriles is 1. The van der Waals surface area contributed by atoms with Crippen LogP contribution in [0.1, 0.15) is 29.0 Å². The number of nitrogens with zero attached hydrogens (tertiary/aromatic N) is 1. The molecule has 0 aromatic heterocycles. The minimum absolute atomic E-state index is 0.297. The Labute approximate surface area is 294 Å². The third-order valence-electron chi connectivity index (χ3n) is 9.66. The van der Waals surface area contributed by atoms with Gasteiger partial charge in [-0.05, 0) is 103 Å². The molecule has 0 radical (unpaired) electrons.